The van der Waals surface area contributed by atoms with E-state index in [2.05, 4.69) is 15.6 Å². The van der Waals surface area contributed by atoms with E-state index in [0.29, 0.717) is 18.2 Å². The van der Waals surface area contributed by atoms with E-state index in [1.807, 2.05) is 54.1 Å². The van der Waals surface area contributed by atoms with Crippen molar-refractivity contribution < 1.29 is 9.59 Å². The molecular formula is C26H33N5O3. The number of carbonyl (C=O) groups is 2. The van der Waals surface area contributed by atoms with Crippen molar-refractivity contribution in [1.29, 1.82) is 0 Å². The van der Waals surface area contributed by atoms with Gasteiger partial charge in [-0.05, 0) is 51.7 Å². The molecular weight excluding hydrogens is 430 g/mol. The number of fused-ring (bicyclic) bond motifs is 1. The summed E-state index contributed by atoms with van der Waals surface area (Å²) in [4.78, 5) is 43.5. The minimum Gasteiger partial charge on any atom is -0.352 e. The number of aryl methyl sites for hydroxylation is 1. The van der Waals surface area contributed by atoms with Crippen LogP contribution in [-0.2, 0) is 13.1 Å². The highest BCUT2D eigenvalue weighted by atomic mass is 16.2. The molecule has 1 aliphatic carbocycles. The maximum absolute atomic E-state index is 13.1. The third-order valence-corrected chi connectivity index (χ3v) is 6.36. The molecule has 0 unspecified atom stereocenters. The summed E-state index contributed by atoms with van der Waals surface area (Å²) in [6.07, 6.45) is 10.9. The van der Waals surface area contributed by atoms with E-state index in [0.717, 1.165) is 24.2 Å². The molecule has 180 valence electrons. The van der Waals surface area contributed by atoms with Gasteiger partial charge < -0.3 is 19.6 Å². The van der Waals surface area contributed by atoms with Crippen LogP contribution >= 0.6 is 0 Å². The van der Waals surface area contributed by atoms with E-state index < -0.39 is 17.2 Å². The van der Waals surface area contributed by atoms with Crippen LogP contribution in [0.4, 0.5) is 0 Å². The van der Waals surface area contributed by atoms with Gasteiger partial charge >= 0.3 is 0 Å². The molecule has 8 heteroatoms. The van der Waals surface area contributed by atoms with E-state index in [-0.39, 0.29) is 23.7 Å². The zero-order chi connectivity index (χ0) is 24.2. The molecule has 0 saturated heterocycles. The van der Waals surface area contributed by atoms with Gasteiger partial charge in [0.2, 0.25) is 5.43 Å². The monoisotopic (exact) mass is 463 g/mol. The summed E-state index contributed by atoms with van der Waals surface area (Å²) >= 11 is 0. The lowest BCUT2D eigenvalue weighted by Crippen LogP contribution is -2.37. The second-order valence-corrected chi connectivity index (χ2v) is 9.55. The Morgan fingerprint density at radius 1 is 1.06 bits per heavy atom. The van der Waals surface area contributed by atoms with E-state index in [1.165, 1.54) is 19.3 Å². The van der Waals surface area contributed by atoms with Crippen LogP contribution in [-0.4, -0.2) is 31.8 Å². The van der Waals surface area contributed by atoms with Crippen LogP contribution in [0.1, 0.15) is 78.1 Å². The zero-order valence-corrected chi connectivity index (χ0v) is 20.1. The molecule has 0 bridgehead atoms. The molecule has 0 spiro atoms. The second-order valence-electron chi connectivity index (χ2n) is 9.55. The average Bonchev–Trinajstić information content (AvgIpc) is 3.23. The lowest BCUT2D eigenvalue weighted by molar-refractivity contribution is 0.0940. The van der Waals surface area contributed by atoms with Gasteiger partial charge in [0, 0.05) is 36.9 Å². The highest BCUT2D eigenvalue weighted by Crippen LogP contribution is 2.25. The number of nitrogens with zero attached hydrogens (tertiary/aromatic N) is 3. The minimum absolute atomic E-state index is 0.000476. The Bertz CT molecular complexity index is 1250. The zero-order valence-electron chi connectivity index (χ0n) is 20.1. The smallest absolute Gasteiger partial charge is 0.257 e. The summed E-state index contributed by atoms with van der Waals surface area (Å²) in [5, 5.41) is 5.59. The number of rotatable bonds is 7. The van der Waals surface area contributed by atoms with Crippen LogP contribution in [0.15, 0.2) is 41.6 Å². The van der Waals surface area contributed by atoms with Gasteiger partial charge in [0.1, 0.15) is 16.8 Å². The predicted octanol–water partition coefficient (Wildman–Crippen LogP) is 3.45. The third kappa shape index (κ3) is 5.38. The first-order chi connectivity index (χ1) is 16.3. The number of aromatic nitrogens is 3. The lowest BCUT2D eigenvalue weighted by atomic mass is 9.89. The standard InChI is InChI=1S/C26H33N5O3/c1-17(2)28-26(34)22-16-30(13-19-9-5-4-6-10-19)15-21(24(22)32)25(33)27-12-20-14-31-18(3)8-7-11-23(31)29-20/h7-8,11,14-17,19H,4-6,9-10,12-13H2,1-3H3,(H,27,33)(H,28,34). The molecule has 1 aliphatic rings. The maximum Gasteiger partial charge on any atom is 0.257 e. The number of imidazole rings is 1. The Labute approximate surface area is 199 Å². The molecule has 3 aromatic heterocycles. The summed E-state index contributed by atoms with van der Waals surface area (Å²) in [5.41, 5.74) is 1.96. The van der Waals surface area contributed by atoms with Gasteiger partial charge in [-0.1, -0.05) is 25.3 Å². The SMILES string of the molecule is Cc1cccc2nc(CNC(=O)c3cn(CC4CCCCC4)cc(C(=O)NC(C)C)c3=O)cn12. The Kier molecular flexibility index (Phi) is 7.14. The van der Waals surface area contributed by atoms with Crippen LogP contribution in [0.25, 0.3) is 5.65 Å². The largest absolute Gasteiger partial charge is 0.352 e. The van der Waals surface area contributed by atoms with Crippen LogP contribution in [0, 0.1) is 12.8 Å². The van der Waals surface area contributed by atoms with Gasteiger partial charge in [0.15, 0.2) is 0 Å². The van der Waals surface area contributed by atoms with Crippen molar-refractivity contribution in [2.24, 2.45) is 5.92 Å². The maximum atomic E-state index is 13.1. The van der Waals surface area contributed by atoms with Crippen molar-refractivity contribution in [1.82, 2.24) is 24.6 Å². The molecule has 2 amide bonds. The molecule has 0 aliphatic heterocycles. The molecule has 3 aromatic rings. The van der Waals surface area contributed by atoms with Crippen LogP contribution in [0.5, 0.6) is 0 Å². The fourth-order valence-corrected chi connectivity index (χ4v) is 4.62. The molecule has 4 rings (SSSR count). The van der Waals surface area contributed by atoms with E-state index >= 15 is 0 Å². The fraction of sp³-hybridized carbons (Fsp3) is 0.462. The minimum atomic E-state index is -0.554. The summed E-state index contributed by atoms with van der Waals surface area (Å²) < 4.78 is 3.80. The van der Waals surface area contributed by atoms with Crippen molar-refractivity contribution in [3.63, 3.8) is 0 Å². The van der Waals surface area contributed by atoms with E-state index in [4.69, 9.17) is 0 Å². The molecule has 0 aromatic carbocycles. The van der Waals surface area contributed by atoms with E-state index in [1.54, 1.807) is 12.4 Å². The molecule has 8 nitrogen and oxygen atoms in total. The Morgan fingerprint density at radius 2 is 1.76 bits per heavy atom. The summed E-state index contributed by atoms with van der Waals surface area (Å²) in [6, 6.07) is 5.70. The average molecular weight is 464 g/mol. The van der Waals surface area contributed by atoms with Gasteiger partial charge in [-0.25, -0.2) is 4.98 Å². The molecule has 3 heterocycles. The quantitative estimate of drug-likeness (QED) is 0.561. The highest BCUT2D eigenvalue weighted by molar-refractivity contribution is 5.99. The third-order valence-electron chi connectivity index (χ3n) is 6.36. The number of hydrogen-bond acceptors (Lipinski definition) is 4. The molecule has 34 heavy (non-hydrogen) atoms. The number of amides is 2. The van der Waals surface area contributed by atoms with Gasteiger partial charge in [0.25, 0.3) is 11.8 Å². The normalized spacial score (nSPS) is 14.5. The summed E-state index contributed by atoms with van der Waals surface area (Å²) in [6.45, 7) is 6.54. The van der Waals surface area contributed by atoms with Gasteiger partial charge in [-0.3, -0.25) is 14.4 Å². The van der Waals surface area contributed by atoms with Crippen molar-refractivity contribution in [2.75, 3.05) is 0 Å². The van der Waals surface area contributed by atoms with Crippen molar-refractivity contribution in [3.05, 3.63) is 69.5 Å². The number of carbonyl (C=O) groups excluding carboxylic acids is 2. The lowest BCUT2D eigenvalue weighted by Gasteiger charge is -2.23. The predicted molar refractivity (Wildman–Crippen MR) is 131 cm³/mol. The van der Waals surface area contributed by atoms with Crippen molar-refractivity contribution >= 4 is 17.5 Å². The number of hydrogen-bond donors (Lipinski definition) is 2. The first-order valence-electron chi connectivity index (χ1n) is 12.1. The summed E-state index contributed by atoms with van der Waals surface area (Å²) in [7, 11) is 0. The molecule has 1 saturated carbocycles. The molecule has 0 radical (unpaired) electrons. The van der Waals surface area contributed by atoms with Crippen LogP contribution < -0.4 is 16.1 Å². The van der Waals surface area contributed by atoms with Crippen molar-refractivity contribution in [2.45, 2.75) is 72.0 Å². The van der Waals surface area contributed by atoms with E-state index in [9.17, 15) is 14.4 Å². The van der Waals surface area contributed by atoms with Gasteiger partial charge in [0.05, 0.1) is 12.2 Å². The summed E-state index contributed by atoms with van der Waals surface area (Å²) in [5.74, 6) is -0.479. The Morgan fingerprint density at radius 3 is 2.44 bits per heavy atom. The topological polar surface area (TPSA) is 97.5 Å². The van der Waals surface area contributed by atoms with Crippen LogP contribution in [0.2, 0.25) is 0 Å². The van der Waals surface area contributed by atoms with Gasteiger partial charge in [-0.2, -0.15) is 0 Å². The highest BCUT2D eigenvalue weighted by Gasteiger charge is 2.22. The first-order valence-corrected chi connectivity index (χ1v) is 12.1. The first kappa shape index (κ1) is 23.7. The second kappa shape index (κ2) is 10.2. The molecule has 0 atom stereocenters. The Balaban J connectivity index is 1.58. The molecule has 1 fully saturated rings. The number of nitrogens with one attached hydrogen (secondary N) is 2. The van der Waals surface area contributed by atoms with Gasteiger partial charge in [-0.15, -0.1) is 0 Å². The molecule has 2 N–H and O–H groups in total. The van der Waals surface area contributed by atoms with Crippen molar-refractivity contribution in [3.8, 4) is 0 Å². The number of pyridine rings is 2. The fourth-order valence-electron chi connectivity index (χ4n) is 4.62. The Hall–Kier alpha value is -3.42. The van der Waals surface area contributed by atoms with Crippen LogP contribution in [0.3, 0.4) is 0 Å².